The maximum atomic E-state index is 10.9. The van der Waals surface area contributed by atoms with Crippen molar-refractivity contribution in [1.29, 1.82) is 0 Å². The van der Waals surface area contributed by atoms with E-state index in [0.717, 1.165) is 20.3 Å². The van der Waals surface area contributed by atoms with Crippen LogP contribution in [0.3, 0.4) is 0 Å². The third kappa shape index (κ3) is 1.33. The predicted molar refractivity (Wildman–Crippen MR) is 59.0 cm³/mol. The molecular weight excluding hydrogens is 266 g/mol. The summed E-state index contributed by atoms with van der Waals surface area (Å²) < 4.78 is 0.892. The van der Waals surface area contributed by atoms with Gasteiger partial charge in [-0.05, 0) is 34.5 Å². The highest BCUT2D eigenvalue weighted by molar-refractivity contribution is 9.10. The Balaban J connectivity index is 2.87. The molecule has 0 aromatic carbocycles. The number of halogens is 1. The van der Waals surface area contributed by atoms with Gasteiger partial charge in [0.05, 0.1) is 0 Å². The van der Waals surface area contributed by atoms with Crippen LogP contribution in [-0.4, -0.2) is 16.1 Å². The summed E-state index contributed by atoms with van der Waals surface area (Å²) in [6.07, 6.45) is 1.66. The summed E-state index contributed by atoms with van der Waals surface area (Å²) >= 11 is 4.59. The Kier molecular flexibility index (Phi) is 2.28. The molecule has 0 saturated heterocycles. The Hall–Kier alpha value is -0.940. The van der Waals surface area contributed by atoms with Gasteiger partial charge in [0, 0.05) is 16.1 Å². The van der Waals surface area contributed by atoms with E-state index in [1.807, 2.05) is 6.07 Å². The van der Waals surface area contributed by atoms with Crippen molar-refractivity contribution in [2.45, 2.75) is 6.92 Å². The van der Waals surface area contributed by atoms with Crippen LogP contribution in [0.15, 0.2) is 16.7 Å². The van der Waals surface area contributed by atoms with Gasteiger partial charge < -0.3 is 5.11 Å². The lowest BCUT2D eigenvalue weighted by atomic mass is 10.2. The number of aromatic carboxylic acids is 1. The minimum Gasteiger partial charge on any atom is -0.477 e. The average molecular weight is 272 g/mol. The van der Waals surface area contributed by atoms with Gasteiger partial charge in [0.2, 0.25) is 0 Å². The molecule has 72 valence electrons. The van der Waals surface area contributed by atoms with Crippen LogP contribution < -0.4 is 0 Å². The number of rotatable bonds is 1. The zero-order chi connectivity index (χ0) is 10.3. The highest BCUT2D eigenvalue weighted by Crippen LogP contribution is 2.33. The molecule has 0 fully saturated rings. The van der Waals surface area contributed by atoms with Gasteiger partial charge in [-0.15, -0.1) is 11.3 Å². The number of hydrogen-bond donors (Lipinski definition) is 1. The highest BCUT2D eigenvalue weighted by Gasteiger charge is 2.16. The number of nitrogens with zero attached hydrogens (tertiary/aromatic N) is 1. The van der Waals surface area contributed by atoms with E-state index in [1.54, 1.807) is 13.1 Å². The summed E-state index contributed by atoms with van der Waals surface area (Å²) in [5, 5.41) is 9.82. The van der Waals surface area contributed by atoms with Crippen molar-refractivity contribution in [3.63, 3.8) is 0 Å². The first-order chi connectivity index (χ1) is 6.61. The summed E-state index contributed by atoms with van der Waals surface area (Å²) in [4.78, 5) is 16.1. The molecule has 0 aliphatic carbocycles. The second-order valence-electron chi connectivity index (χ2n) is 2.83. The molecule has 0 radical (unpaired) electrons. The molecule has 0 amide bonds. The molecule has 2 rings (SSSR count). The molecule has 0 aliphatic heterocycles. The number of pyridine rings is 1. The fourth-order valence-electron chi connectivity index (χ4n) is 1.33. The maximum absolute atomic E-state index is 10.9. The molecule has 0 unspecified atom stereocenters. The summed E-state index contributed by atoms with van der Waals surface area (Å²) in [6.45, 7) is 1.80. The predicted octanol–water partition coefficient (Wildman–Crippen LogP) is 3.07. The molecule has 2 heterocycles. The topological polar surface area (TPSA) is 50.2 Å². The largest absolute Gasteiger partial charge is 0.477 e. The van der Waals surface area contributed by atoms with Crippen LogP contribution in [0.5, 0.6) is 0 Å². The normalized spacial score (nSPS) is 10.7. The zero-order valence-corrected chi connectivity index (χ0v) is 9.65. The fourth-order valence-corrected chi connectivity index (χ4v) is 3.08. The van der Waals surface area contributed by atoms with Gasteiger partial charge in [-0.2, -0.15) is 0 Å². The van der Waals surface area contributed by atoms with E-state index in [9.17, 15) is 4.79 Å². The lowest BCUT2D eigenvalue weighted by Gasteiger charge is -1.94. The highest BCUT2D eigenvalue weighted by atomic mass is 79.9. The van der Waals surface area contributed by atoms with Crippen LogP contribution in [0.4, 0.5) is 0 Å². The molecule has 0 aliphatic rings. The average Bonchev–Trinajstić information content (AvgIpc) is 2.45. The lowest BCUT2D eigenvalue weighted by Crippen LogP contribution is -1.93. The monoisotopic (exact) mass is 271 g/mol. The van der Waals surface area contributed by atoms with Crippen molar-refractivity contribution in [2.75, 3.05) is 0 Å². The Labute approximate surface area is 92.5 Å². The van der Waals surface area contributed by atoms with Crippen LogP contribution in [0.2, 0.25) is 0 Å². The molecule has 14 heavy (non-hydrogen) atoms. The molecule has 2 aromatic heterocycles. The van der Waals surface area contributed by atoms with Crippen LogP contribution >= 0.6 is 27.3 Å². The van der Waals surface area contributed by atoms with Crippen LogP contribution in [-0.2, 0) is 0 Å². The van der Waals surface area contributed by atoms with Crippen LogP contribution in [0, 0.1) is 6.92 Å². The van der Waals surface area contributed by atoms with Gasteiger partial charge >= 0.3 is 5.97 Å². The smallest absolute Gasteiger partial charge is 0.346 e. The van der Waals surface area contributed by atoms with E-state index < -0.39 is 5.97 Å². The Morgan fingerprint density at radius 1 is 1.64 bits per heavy atom. The number of carboxylic acids is 1. The third-order valence-corrected chi connectivity index (χ3v) is 3.82. The molecule has 0 spiro atoms. The standard InChI is InChI=1S/C9H6BrNO2S/c1-4-6-5(10)2-3-11-8(6)14-7(4)9(12)13/h2-3H,1H3,(H,12,13). The lowest BCUT2D eigenvalue weighted by molar-refractivity contribution is 0.0701. The van der Waals surface area contributed by atoms with Crippen molar-refractivity contribution < 1.29 is 9.90 Å². The van der Waals surface area contributed by atoms with E-state index in [4.69, 9.17) is 5.11 Å². The van der Waals surface area contributed by atoms with Gasteiger partial charge in [0.1, 0.15) is 9.71 Å². The number of aryl methyl sites for hydroxylation is 1. The summed E-state index contributed by atoms with van der Waals surface area (Å²) in [5.41, 5.74) is 0.775. The van der Waals surface area contributed by atoms with Gasteiger partial charge in [0.15, 0.2) is 0 Å². The van der Waals surface area contributed by atoms with Gasteiger partial charge in [-0.3, -0.25) is 0 Å². The van der Waals surface area contributed by atoms with E-state index in [0.29, 0.717) is 4.88 Å². The number of thiophene rings is 1. The number of aromatic nitrogens is 1. The van der Waals surface area contributed by atoms with Crippen molar-refractivity contribution in [3.8, 4) is 0 Å². The summed E-state index contributed by atoms with van der Waals surface area (Å²) in [5.74, 6) is -0.891. The second kappa shape index (κ2) is 3.33. The van der Waals surface area contributed by atoms with E-state index in [-0.39, 0.29) is 0 Å². The fraction of sp³-hybridized carbons (Fsp3) is 0.111. The first-order valence-electron chi connectivity index (χ1n) is 3.88. The Morgan fingerprint density at radius 3 is 2.93 bits per heavy atom. The van der Waals surface area contributed by atoms with Crippen LogP contribution in [0.25, 0.3) is 10.2 Å². The van der Waals surface area contributed by atoms with Crippen molar-refractivity contribution in [1.82, 2.24) is 4.98 Å². The Morgan fingerprint density at radius 2 is 2.36 bits per heavy atom. The number of hydrogen-bond acceptors (Lipinski definition) is 3. The van der Waals surface area contributed by atoms with E-state index in [2.05, 4.69) is 20.9 Å². The molecule has 5 heteroatoms. The minimum atomic E-state index is -0.891. The molecule has 0 bridgehead atoms. The molecule has 3 nitrogen and oxygen atoms in total. The molecule has 0 saturated carbocycles. The van der Waals surface area contributed by atoms with E-state index in [1.165, 1.54) is 11.3 Å². The van der Waals surface area contributed by atoms with Crippen LogP contribution in [0.1, 0.15) is 15.2 Å². The van der Waals surface area contributed by atoms with Gasteiger partial charge in [0.25, 0.3) is 0 Å². The molecule has 0 atom stereocenters. The first-order valence-corrected chi connectivity index (χ1v) is 5.49. The van der Waals surface area contributed by atoms with Gasteiger partial charge in [-0.1, -0.05) is 0 Å². The summed E-state index contributed by atoms with van der Waals surface area (Å²) in [6, 6.07) is 1.81. The first kappa shape index (κ1) is 9.61. The van der Waals surface area contributed by atoms with Gasteiger partial charge in [-0.25, -0.2) is 9.78 Å². The number of fused-ring (bicyclic) bond motifs is 1. The third-order valence-electron chi connectivity index (χ3n) is 1.97. The summed E-state index contributed by atoms with van der Waals surface area (Å²) in [7, 11) is 0. The minimum absolute atomic E-state index is 0.361. The zero-order valence-electron chi connectivity index (χ0n) is 7.24. The maximum Gasteiger partial charge on any atom is 0.346 e. The van der Waals surface area contributed by atoms with Crippen molar-refractivity contribution in [3.05, 3.63) is 27.2 Å². The van der Waals surface area contributed by atoms with Crippen molar-refractivity contribution in [2.24, 2.45) is 0 Å². The Bertz CT molecular complexity index is 521. The number of carboxylic acid groups (broad SMARTS) is 1. The second-order valence-corrected chi connectivity index (χ2v) is 4.69. The number of carbonyl (C=O) groups is 1. The molecule has 2 aromatic rings. The quantitative estimate of drug-likeness (QED) is 0.867. The van der Waals surface area contributed by atoms with E-state index >= 15 is 0 Å². The SMILES string of the molecule is Cc1c(C(=O)O)sc2nccc(Br)c12. The molecular formula is C9H6BrNO2S. The van der Waals surface area contributed by atoms with Crippen molar-refractivity contribution >= 4 is 43.5 Å². The molecule has 1 N–H and O–H groups in total.